The van der Waals surface area contributed by atoms with Crippen LogP contribution in [0.25, 0.3) is 0 Å². The van der Waals surface area contributed by atoms with E-state index >= 15 is 0 Å². The zero-order chi connectivity index (χ0) is 34.1. The van der Waals surface area contributed by atoms with E-state index in [4.69, 9.17) is 37.4 Å². The van der Waals surface area contributed by atoms with Crippen molar-refractivity contribution in [1.29, 1.82) is 0 Å². The Kier molecular flexibility index (Phi) is 9.41. The molecule has 0 aliphatic carbocycles. The Balaban J connectivity index is 0.000000185. The van der Waals surface area contributed by atoms with Gasteiger partial charge in [-0.1, -0.05) is 29.3 Å². The molecule has 0 fully saturated rings. The van der Waals surface area contributed by atoms with Crippen molar-refractivity contribution in [3.63, 3.8) is 0 Å². The number of hydrogen-bond acceptors (Lipinski definition) is 7. The molecule has 4 aromatic rings. The first kappa shape index (κ1) is 33.6. The molecule has 7 nitrogen and oxygen atoms in total. The van der Waals surface area contributed by atoms with Gasteiger partial charge in [-0.2, -0.15) is 26.3 Å². The number of carbonyl (C=O) groups excluding carboxylic acids is 3. The van der Waals surface area contributed by atoms with Crippen LogP contribution in [0.4, 0.5) is 26.3 Å². The molecule has 0 atom stereocenters. The van der Waals surface area contributed by atoms with Gasteiger partial charge in [-0.15, -0.1) is 0 Å². The number of rotatable bonds is 4. The molecule has 0 saturated carbocycles. The van der Waals surface area contributed by atoms with Gasteiger partial charge in [-0.05, 0) is 72.3 Å². The molecular weight excluding hydrogens is 681 g/mol. The van der Waals surface area contributed by atoms with Gasteiger partial charge < -0.3 is 18.9 Å². The molecule has 2 aliphatic rings. The fourth-order valence-electron chi connectivity index (χ4n) is 4.51. The Labute approximate surface area is 271 Å². The van der Waals surface area contributed by atoms with Crippen LogP contribution in [-0.2, 0) is 39.5 Å². The van der Waals surface area contributed by atoms with Crippen molar-refractivity contribution < 1.29 is 59.7 Å². The summed E-state index contributed by atoms with van der Waals surface area (Å²) in [5, 5.41) is -0.385. The third-order valence-electron chi connectivity index (χ3n) is 6.75. The van der Waals surface area contributed by atoms with Crippen LogP contribution < -0.4 is 9.47 Å². The Morgan fingerprint density at radius 1 is 0.660 bits per heavy atom. The second-order valence-electron chi connectivity index (χ2n) is 9.92. The number of fused-ring (bicyclic) bond motifs is 2. The summed E-state index contributed by atoms with van der Waals surface area (Å²) >= 11 is 11.7. The highest BCUT2D eigenvalue weighted by atomic mass is 35.5. The van der Waals surface area contributed by atoms with Crippen molar-refractivity contribution in [3.05, 3.63) is 116 Å². The average Bonchev–Trinajstić information content (AvgIpc) is 2.99. The molecule has 0 aromatic heterocycles. The third kappa shape index (κ3) is 7.80. The zero-order valence-electron chi connectivity index (χ0n) is 23.4. The molecule has 6 rings (SSSR count). The highest BCUT2D eigenvalue weighted by Crippen LogP contribution is 2.39. The molecule has 0 radical (unpaired) electrons. The lowest BCUT2D eigenvalue weighted by atomic mass is 10.0. The van der Waals surface area contributed by atoms with Crippen LogP contribution >= 0.6 is 23.2 Å². The SMILES string of the molecule is O=C1Cc2c(Oc3ccc(C(F)(F)F)cc3Cl)cccc2C(=O)O1.O=C1OCCc2cc(Oc3ccc(C(F)(F)F)cc3Cl)ccc21. The summed E-state index contributed by atoms with van der Waals surface area (Å²) in [6, 6.07) is 14.7. The minimum Gasteiger partial charge on any atom is -0.462 e. The molecule has 4 aromatic carbocycles. The molecule has 15 heteroatoms. The van der Waals surface area contributed by atoms with Crippen LogP contribution in [0.2, 0.25) is 10.0 Å². The standard InChI is InChI=1S/C16H8ClF3O4.C16H10ClF3O3/c17-11-6-8(16(18,19)20)4-5-13(11)23-12-3-1-2-9-10(12)7-14(21)24-15(9)22;17-13-8-10(16(18,19)20)1-4-14(13)23-11-2-3-12-9(7-11)5-6-22-15(12)21/h1-6H,7H2;1-4,7-8H,5-6H2. The summed E-state index contributed by atoms with van der Waals surface area (Å²) in [5.74, 6) is -1.31. The smallest absolute Gasteiger partial charge is 0.416 e. The van der Waals surface area contributed by atoms with Crippen LogP contribution in [-0.4, -0.2) is 24.5 Å². The molecule has 0 saturated heterocycles. The molecule has 244 valence electrons. The highest BCUT2D eigenvalue weighted by Gasteiger charge is 2.33. The quantitative estimate of drug-likeness (QED) is 0.119. The van der Waals surface area contributed by atoms with Crippen LogP contribution in [0, 0.1) is 0 Å². The van der Waals surface area contributed by atoms with Gasteiger partial charge in [0.25, 0.3) is 0 Å². The first-order valence-electron chi connectivity index (χ1n) is 13.4. The number of ether oxygens (including phenoxy) is 4. The maximum absolute atomic E-state index is 12.6. The van der Waals surface area contributed by atoms with Crippen LogP contribution in [0.1, 0.15) is 43.0 Å². The number of cyclic esters (lactones) is 3. The molecular formula is C32H18Cl2F6O7. The van der Waals surface area contributed by atoms with Gasteiger partial charge in [0, 0.05) is 12.0 Å². The number of alkyl halides is 6. The summed E-state index contributed by atoms with van der Waals surface area (Å²) < 4.78 is 96.2. The predicted octanol–water partition coefficient (Wildman–Crippen LogP) is 9.25. The lowest BCUT2D eigenvalue weighted by Crippen LogP contribution is -2.23. The normalized spacial score (nSPS) is 14.2. The van der Waals surface area contributed by atoms with Crippen molar-refractivity contribution in [2.24, 2.45) is 0 Å². The van der Waals surface area contributed by atoms with E-state index in [0.717, 1.165) is 35.9 Å². The monoisotopic (exact) mass is 698 g/mol. The number of esters is 3. The van der Waals surface area contributed by atoms with Gasteiger partial charge in [0.15, 0.2) is 0 Å². The largest absolute Gasteiger partial charge is 0.462 e. The van der Waals surface area contributed by atoms with Crippen LogP contribution in [0.15, 0.2) is 72.8 Å². The number of benzene rings is 4. The lowest BCUT2D eigenvalue weighted by Gasteiger charge is -2.18. The van der Waals surface area contributed by atoms with E-state index in [2.05, 4.69) is 4.74 Å². The fourth-order valence-corrected chi connectivity index (χ4v) is 4.95. The fraction of sp³-hybridized carbons (Fsp3) is 0.156. The van der Waals surface area contributed by atoms with Gasteiger partial charge in [0.2, 0.25) is 0 Å². The number of carbonyl (C=O) groups is 3. The maximum Gasteiger partial charge on any atom is 0.416 e. The van der Waals surface area contributed by atoms with Gasteiger partial charge >= 0.3 is 30.3 Å². The average molecular weight is 699 g/mol. The minimum atomic E-state index is -4.52. The Hall–Kier alpha value is -4.75. The van der Waals surface area contributed by atoms with Crippen molar-refractivity contribution in [3.8, 4) is 23.0 Å². The van der Waals surface area contributed by atoms with E-state index in [1.807, 2.05) is 0 Å². The van der Waals surface area contributed by atoms with Gasteiger partial charge in [-0.25, -0.2) is 9.59 Å². The van der Waals surface area contributed by atoms with E-state index in [1.165, 1.54) is 24.3 Å². The van der Waals surface area contributed by atoms with E-state index < -0.39 is 41.4 Å². The molecule has 0 amide bonds. The van der Waals surface area contributed by atoms with Crippen molar-refractivity contribution in [2.75, 3.05) is 6.61 Å². The molecule has 2 aliphatic heterocycles. The van der Waals surface area contributed by atoms with E-state index in [-0.39, 0.29) is 45.9 Å². The van der Waals surface area contributed by atoms with E-state index in [1.54, 1.807) is 18.2 Å². The van der Waals surface area contributed by atoms with E-state index in [0.29, 0.717) is 23.3 Å². The van der Waals surface area contributed by atoms with E-state index in [9.17, 15) is 40.7 Å². The Bertz CT molecular complexity index is 1890. The first-order valence-corrected chi connectivity index (χ1v) is 14.1. The predicted molar refractivity (Wildman–Crippen MR) is 154 cm³/mol. The Morgan fingerprint density at radius 2 is 1.28 bits per heavy atom. The molecule has 47 heavy (non-hydrogen) atoms. The summed E-state index contributed by atoms with van der Waals surface area (Å²) in [6.45, 7) is 0.288. The van der Waals surface area contributed by atoms with Gasteiger partial charge in [0.05, 0.1) is 45.3 Å². The molecule has 0 unspecified atom stereocenters. The number of hydrogen-bond donors (Lipinski definition) is 0. The molecule has 2 heterocycles. The lowest BCUT2D eigenvalue weighted by molar-refractivity contribution is -0.138. The third-order valence-corrected chi connectivity index (χ3v) is 7.34. The zero-order valence-corrected chi connectivity index (χ0v) is 24.9. The molecule has 0 bridgehead atoms. The summed E-state index contributed by atoms with van der Waals surface area (Å²) in [7, 11) is 0. The molecule has 0 spiro atoms. The van der Waals surface area contributed by atoms with Crippen molar-refractivity contribution >= 4 is 41.1 Å². The van der Waals surface area contributed by atoms with Gasteiger partial charge in [0.1, 0.15) is 23.0 Å². The second kappa shape index (κ2) is 13.2. The summed E-state index contributed by atoms with van der Waals surface area (Å²) in [5.41, 5.74) is -0.0644. The first-order chi connectivity index (χ1) is 22.1. The van der Waals surface area contributed by atoms with Crippen molar-refractivity contribution in [1.82, 2.24) is 0 Å². The number of halogens is 8. The van der Waals surface area contributed by atoms with Gasteiger partial charge in [-0.3, -0.25) is 4.79 Å². The Morgan fingerprint density at radius 3 is 1.87 bits per heavy atom. The van der Waals surface area contributed by atoms with Crippen molar-refractivity contribution in [2.45, 2.75) is 25.2 Å². The summed E-state index contributed by atoms with van der Waals surface area (Å²) in [4.78, 5) is 34.6. The summed E-state index contributed by atoms with van der Waals surface area (Å²) in [6.07, 6.45) is -8.62. The second-order valence-corrected chi connectivity index (χ2v) is 10.7. The van der Waals surface area contributed by atoms with Crippen LogP contribution in [0.3, 0.4) is 0 Å². The maximum atomic E-state index is 12.6. The topological polar surface area (TPSA) is 88.1 Å². The minimum absolute atomic E-state index is 0.0237. The molecule has 0 N–H and O–H groups in total. The highest BCUT2D eigenvalue weighted by molar-refractivity contribution is 6.32. The van der Waals surface area contributed by atoms with Crippen LogP contribution in [0.5, 0.6) is 23.0 Å².